The molecule has 1 amide bonds. The van der Waals surface area contributed by atoms with Crippen LogP contribution in [0.2, 0.25) is 0 Å². The van der Waals surface area contributed by atoms with Gasteiger partial charge in [0.05, 0.1) is 25.6 Å². The molecule has 7 nitrogen and oxygen atoms in total. The summed E-state index contributed by atoms with van der Waals surface area (Å²) in [6, 6.07) is 22.6. The summed E-state index contributed by atoms with van der Waals surface area (Å²) in [7, 11) is 3.19. The van der Waals surface area contributed by atoms with E-state index in [-0.39, 0.29) is 17.0 Å². The highest BCUT2D eigenvalue weighted by atomic mass is 32.1. The Morgan fingerprint density at radius 3 is 2.50 bits per heavy atom. The molecule has 8 heteroatoms. The number of benzene rings is 3. The zero-order chi connectivity index (χ0) is 26.6. The van der Waals surface area contributed by atoms with E-state index in [1.165, 1.54) is 16.9 Å². The lowest BCUT2D eigenvalue weighted by atomic mass is 10.1. The molecule has 0 unspecified atom stereocenters. The molecule has 2 heterocycles. The van der Waals surface area contributed by atoms with E-state index in [0.717, 1.165) is 22.6 Å². The first kappa shape index (κ1) is 25.2. The molecule has 0 bridgehead atoms. The molecule has 0 spiro atoms. The summed E-state index contributed by atoms with van der Waals surface area (Å²) in [4.78, 5) is 24.1. The van der Waals surface area contributed by atoms with Crippen molar-refractivity contribution in [3.05, 3.63) is 94.4 Å². The zero-order valence-corrected chi connectivity index (χ0v) is 22.4. The summed E-state index contributed by atoms with van der Waals surface area (Å²) in [5.41, 5.74) is 4.71. The second-order valence-corrected chi connectivity index (χ2v) is 9.73. The number of anilines is 1. The highest BCUT2D eigenvalue weighted by Crippen LogP contribution is 2.32. The molecule has 192 valence electrons. The van der Waals surface area contributed by atoms with Crippen LogP contribution in [0.4, 0.5) is 10.8 Å². The SMILES string of the molecule is CCc1sc(NC(=O)c2cc3cc(OC)ccc3oc2=Nc2cccc(OC)c2)nc1-c1ccc(C)cc1. The lowest BCUT2D eigenvalue weighted by molar-refractivity contribution is 0.102. The number of hydrogen-bond donors (Lipinski definition) is 1. The number of aromatic nitrogens is 1. The van der Waals surface area contributed by atoms with Crippen molar-refractivity contribution in [2.24, 2.45) is 4.99 Å². The van der Waals surface area contributed by atoms with E-state index >= 15 is 0 Å². The first-order valence-electron chi connectivity index (χ1n) is 12.2. The van der Waals surface area contributed by atoms with Gasteiger partial charge in [-0.25, -0.2) is 9.98 Å². The van der Waals surface area contributed by atoms with Gasteiger partial charge in [0.25, 0.3) is 5.91 Å². The lowest BCUT2D eigenvalue weighted by Crippen LogP contribution is -2.21. The van der Waals surface area contributed by atoms with Crippen molar-refractivity contribution in [3.8, 4) is 22.8 Å². The standard InChI is InChI=1S/C30H27N3O4S/c1-5-26-27(19-11-9-18(2)10-12-19)32-30(38-26)33-28(34)24-16-20-15-23(36-4)13-14-25(20)37-29(24)31-21-7-6-8-22(17-21)35-3/h6-17H,5H2,1-4H3,(H,32,33,34). The zero-order valence-electron chi connectivity index (χ0n) is 21.6. The molecule has 5 aromatic rings. The van der Waals surface area contributed by atoms with Crippen LogP contribution in [0.5, 0.6) is 11.5 Å². The number of carbonyl (C=O) groups is 1. The number of methoxy groups -OCH3 is 2. The fourth-order valence-corrected chi connectivity index (χ4v) is 4.94. The van der Waals surface area contributed by atoms with Crippen LogP contribution < -0.4 is 20.3 Å². The van der Waals surface area contributed by atoms with Crippen molar-refractivity contribution in [2.75, 3.05) is 19.5 Å². The quantitative estimate of drug-likeness (QED) is 0.249. The molecule has 0 fully saturated rings. The van der Waals surface area contributed by atoms with Crippen molar-refractivity contribution in [1.82, 2.24) is 4.98 Å². The smallest absolute Gasteiger partial charge is 0.262 e. The summed E-state index contributed by atoms with van der Waals surface area (Å²) in [5, 5.41) is 4.20. The fraction of sp³-hybridized carbons (Fsp3) is 0.167. The lowest BCUT2D eigenvalue weighted by Gasteiger charge is -2.07. The van der Waals surface area contributed by atoms with Gasteiger partial charge in [-0.3, -0.25) is 10.1 Å². The van der Waals surface area contributed by atoms with Crippen LogP contribution in [0.25, 0.3) is 22.2 Å². The van der Waals surface area contributed by atoms with Crippen molar-refractivity contribution < 1.29 is 18.7 Å². The molecule has 5 rings (SSSR count). The maximum atomic E-state index is 13.6. The van der Waals surface area contributed by atoms with Gasteiger partial charge in [-0.15, -0.1) is 11.3 Å². The average Bonchev–Trinajstić information content (AvgIpc) is 3.35. The molecule has 2 aromatic heterocycles. The molecule has 0 radical (unpaired) electrons. The minimum Gasteiger partial charge on any atom is -0.497 e. The number of fused-ring (bicyclic) bond motifs is 1. The first-order chi connectivity index (χ1) is 18.5. The maximum Gasteiger partial charge on any atom is 0.262 e. The van der Waals surface area contributed by atoms with Gasteiger partial charge >= 0.3 is 0 Å². The number of hydrogen-bond acceptors (Lipinski definition) is 7. The van der Waals surface area contributed by atoms with E-state index in [9.17, 15) is 4.79 Å². The molecule has 38 heavy (non-hydrogen) atoms. The highest BCUT2D eigenvalue weighted by Gasteiger charge is 2.18. The number of ether oxygens (including phenoxy) is 2. The van der Waals surface area contributed by atoms with Crippen molar-refractivity contribution in [2.45, 2.75) is 20.3 Å². The second kappa shape index (κ2) is 10.9. The summed E-state index contributed by atoms with van der Waals surface area (Å²) in [5.74, 6) is 0.945. The van der Waals surface area contributed by atoms with Crippen LogP contribution in [0.3, 0.4) is 0 Å². The molecule has 0 aliphatic rings. The number of nitrogens with zero attached hydrogens (tertiary/aromatic N) is 2. The van der Waals surface area contributed by atoms with E-state index in [0.29, 0.717) is 33.3 Å². The summed E-state index contributed by atoms with van der Waals surface area (Å²) >= 11 is 1.47. The van der Waals surface area contributed by atoms with Gasteiger partial charge in [0.15, 0.2) is 5.13 Å². The van der Waals surface area contributed by atoms with Gasteiger partial charge in [0, 0.05) is 21.9 Å². The van der Waals surface area contributed by atoms with Crippen LogP contribution in [-0.4, -0.2) is 25.1 Å². The normalized spacial score (nSPS) is 11.5. The number of nitrogens with one attached hydrogen (secondary N) is 1. The van der Waals surface area contributed by atoms with Gasteiger partial charge in [0.2, 0.25) is 5.55 Å². The highest BCUT2D eigenvalue weighted by molar-refractivity contribution is 7.16. The van der Waals surface area contributed by atoms with Gasteiger partial charge in [-0.1, -0.05) is 42.8 Å². The number of aryl methyl sites for hydroxylation is 2. The Bertz CT molecular complexity index is 1690. The topological polar surface area (TPSA) is 86.0 Å². The Labute approximate surface area is 224 Å². The third-order valence-corrected chi connectivity index (χ3v) is 7.16. The molecule has 1 N–H and O–H groups in total. The Hall–Kier alpha value is -4.43. The second-order valence-electron chi connectivity index (χ2n) is 8.65. The Kier molecular flexibility index (Phi) is 7.24. The summed E-state index contributed by atoms with van der Waals surface area (Å²) in [6.45, 7) is 4.13. The third kappa shape index (κ3) is 5.31. The minimum absolute atomic E-state index is 0.180. The fourth-order valence-electron chi connectivity index (χ4n) is 4.02. The molecule has 0 atom stereocenters. The largest absolute Gasteiger partial charge is 0.497 e. The molecule has 0 aliphatic heterocycles. The van der Waals surface area contributed by atoms with Gasteiger partial charge in [0.1, 0.15) is 22.6 Å². The number of thiazole rings is 1. The Morgan fingerprint density at radius 2 is 1.76 bits per heavy atom. The summed E-state index contributed by atoms with van der Waals surface area (Å²) < 4.78 is 16.8. The predicted octanol–water partition coefficient (Wildman–Crippen LogP) is 6.93. The van der Waals surface area contributed by atoms with Gasteiger partial charge in [-0.05, 0) is 49.7 Å². The van der Waals surface area contributed by atoms with Crippen LogP contribution >= 0.6 is 11.3 Å². The monoisotopic (exact) mass is 525 g/mol. The van der Waals surface area contributed by atoms with E-state index in [2.05, 4.69) is 48.4 Å². The molecular weight excluding hydrogens is 498 g/mol. The third-order valence-electron chi connectivity index (χ3n) is 6.05. The molecule has 3 aromatic carbocycles. The van der Waals surface area contributed by atoms with Crippen LogP contribution in [0.15, 0.2) is 82.2 Å². The van der Waals surface area contributed by atoms with Crippen LogP contribution in [0.1, 0.15) is 27.7 Å². The van der Waals surface area contributed by atoms with E-state index in [1.54, 1.807) is 38.5 Å². The molecule has 0 saturated heterocycles. The van der Waals surface area contributed by atoms with Crippen LogP contribution in [-0.2, 0) is 6.42 Å². The first-order valence-corrected chi connectivity index (χ1v) is 13.0. The summed E-state index contributed by atoms with van der Waals surface area (Å²) in [6.07, 6.45) is 0.804. The average molecular weight is 526 g/mol. The van der Waals surface area contributed by atoms with Crippen molar-refractivity contribution in [1.29, 1.82) is 0 Å². The Balaban J connectivity index is 1.58. The molecular formula is C30H27N3O4S. The van der Waals surface area contributed by atoms with Gasteiger partial charge in [-0.2, -0.15) is 0 Å². The number of amides is 1. The molecule has 0 aliphatic carbocycles. The number of rotatable bonds is 7. The Morgan fingerprint density at radius 1 is 1.00 bits per heavy atom. The maximum absolute atomic E-state index is 13.6. The minimum atomic E-state index is -0.369. The van der Waals surface area contributed by atoms with Crippen LogP contribution in [0, 0.1) is 6.92 Å². The van der Waals surface area contributed by atoms with E-state index in [4.69, 9.17) is 18.9 Å². The van der Waals surface area contributed by atoms with Gasteiger partial charge < -0.3 is 13.9 Å². The predicted molar refractivity (Wildman–Crippen MR) is 151 cm³/mol. The van der Waals surface area contributed by atoms with Crippen molar-refractivity contribution >= 4 is 39.0 Å². The van der Waals surface area contributed by atoms with E-state index < -0.39 is 0 Å². The van der Waals surface area contributed by atoms with Crippen molar-refractivity contribution in [3.63, 3.8) is 0 Å². The molecule has 0 saturated carbocycles. The van der Waals surface area contributed by atoms with E-state index in [1.807, 2.05) is 24.3 Å². The number of carbonyl (C=O) groups excluding carboxylic acids is 1.